The number of nitrogens with zero attached hydrogens (tertiary/aromatic N) is 2. The Bertz CT molecular complexity index is 441. The van der Waals surface area contributed by atoms with Gasteiger partial charge in [-0.25, -0.2) is 4.21 Å². The van der Waals surface area contributed by atoms with Gasteiger partial charge >= 0.3 is 0 Å². The molecule has 23 heavy (non-hydrogen) atoms. The van der Waals surface area contributed by atoms with Crippen LogP contribution in [0.4, 0.5) is 0 Å². The molecule has 0 fully saturated rings. The topological polar surface area (TPSA) is 74.0 Å². The van der Waals surface area contributed by atoms with E-state index in [1.807, 2.05) is 27.7 Å². The van der Waals surface area contributed by atoms with E-state index in [1.54, 1.807) is 13.8 Å². The molecule has 0 heterocycles. The van der Waals surface area contributed by atoms with Crippen molar-refractivity contribution in [3.05, 3.63) is 0 Å². The summed E-state index contributed by atoms with van der Waals surface area (Å²) in [5.41, 5.74) is 1.78. The number of thiol groups is 1. The van der Waals surface area contributed by atoms with Gasteiger partial charge in [0.05, 0.1) is 0 Å². The van der Waals surface area contributed by atoms with Crippen molar-refractivity contribution in [1.82, 2.24) is 5.32 Å². The van der Waals surface area contributed by atoms with Gasteiger partial charge in [-0.2, -0.15) is 12.6 Å². The van der Waals surface area contributed by atoms with Crippen molar-refractivity contribution in [3.8, 4) is 0 Å². The zero-order valence-electron chi connectivity index (χ0n) is 15.3. The van der Waals surface area contributed by atoms with Gasteiger partial charge in [-0.05, 0) is 67.5 Å². The fourth-order valence-corrected chi connectivity index (χ4v) is 1.92. The maximum absolute atomic E-state index is 11.2. The van der Waals surface area contributed by atoms with E-state index in [4.69, 9.17) is 0 Å². The minimum Gasteiger partial charge on any atom is -0.317 e. The molecule has 0 spiro atoms. The molecule has 0 saturated heterocycles. The molecule has 1 unspecified atom stereocenters. The lowest BCUT2D eigenvalue weighted by molar-refractivity contribution is 0.544. The second-order valence-corrected chi connectivity index (χ2v) is 9.35. The summed E-state index contributed by atoms with van der Waals surface area (Å²) >= 11 is 2.59. The van der Waals surface area contributed by atoms with Crippen molar-refractivity contribution in [1.29, 1.82) is 0 Å². The SMILES string of the molecule is CC(=NCCCNCCCN=C(C)C(C)(C)S(=O)O)C(C)(C)S. The van der Waals surface area contributed by atoms with Crippen LogP contribution < -0.4 is 5.32 Å². The van der Waals surface area contributed by atoms with Gasteiger partial charge in [-0.1, -0.05) is 0 Å². The second-order valence-electron chi connectivity index (χ2n) is 6.71. The van der Waals surface area contributed by atoms with Gasteiger partial charge in [-0.3, -0.25) is 9.98 Å². The molecule has 136 valence electrons. The molecular weight excluding hydrogens is 330 g/mol. The van der Waals surface area contributed by atoms with Crippen LogP contribution in [-0.4, -0.2) is 55.9 Å². The Kier molecular flexibility index (Phi) is 10.5. The third-order valence-electron chi connectivity index (χ3n) is 3.91. The standard InChI is InChI=1S/C16H33N3O2S2/c1-13(15(3,4)22)18-11-7-9-17-10-8-12-19-14(2)16(5,6)23(20)21/h17,22H,7-12H2,1-6H3,(H,20,21). The first kappa shape index (κ1) is 22.8. The van der Waals surface area contributed by atoms with E-state index in [-0.39, 0.29) is 4.75 Å². The highest BCUT2D eigenvalue weighted by Gasteiger charge is 2.28. The summed E-state index contributed by atoms with van der Waals surface area (Å²) in [7, 11) is 0. The molecule has 0 aliphatic carbocycles. The van der Waals surface area contributed by atoms with E-state index in [1.165, 1.54) is 0 Å². The van der Waals surface area contributed by atoms with Crippen LogP contribution in [0.1, 0.15) is 54.4 Å². The Morgan fingerprint density at radius 2 is 1.48 bits per heavy atom. The highest BCUT2D eigenvalue weighted by molar-refractivity contribution is 7.82. The van der Waals surface area contributed by atoms with E-state index >= 15 is 0 Å². The van der Waals surface area contributed by atoms with Crippen LogP contribution in [0.2, 0.25) is 0 Å². The van der Waals surface area contributed by atoms with Crippen molar-refractivity contribution in [2.75, 3.05) is 26.2 Å². The van der Waals surface area contributed by atoms with Crippen LogP contribution in [0.15, 0.2) is 9.98 Å². The molecule has 0 aliphatic heterocycles. The largest absolute Gasteiger partial charge is 0.317 e. The van der Waals surface area contributed by atoms with E-state index in [0.717, 1.165) is 43.9 Å². The number of hydrogen-bond donors (Lipinski definition) is 3. The van der Waals surface area contributed by atoms with E-state index in [9.17, 15) is 8.76 Å². The molecule has 7 heteroatoms. The number of hydrogen-bond acceptors (Lipinski definition) is 5. The molecule has 2 N–H and O–H groups in total. The number of aliphatic imine (C=N–C) groups is 2. The molecule has 1 atom stereocenters. The lowest BCUT2D eigenvalue weighted by atomic mass is 10.1. The summed E-state index contributed by atoms with van der Waals surface area (Å²) in [4.78, 5) is 8.92. The van der Waals surface area contributed by atoms with Crippen molar-refractivity contribution in [2.45, 2.75) is 63.9 Å². The van der Waals surface area contributed by atoms with E-state index < -0.39 is 15.8 Å². The number of nitrogens with one attached hydrogen (secondary N) is 1. The Morgan fingerprint density at radius 3 is 1.87 bits per heavy atom. The molecule has 5 nitrogen and oxygen atoms in total. The second kappa shape index (κ2) is 10.6. The zero-order chi connectivity index (χ0) is 18.1. The molecule has 0 radical (unpaired) electrons. The van der Waals surface area contributed by atoms with Crippen molar-refractivity contribution in [2.24, 2.45) is 9.98 Å². The van der Waals surface area contributed by atoms with Crippen molar-refractivity contribution < 1.29 is 8.76 Å². The van der Waals surface area contributed by atoms with Crippen LogP contribution in [0, 0.1) is 0 Å². The first-order valence-corrected chi connectivity index (χ1v) is 9.62. The van der Waals surface area contributed by atoms with Gasteiger partial charge in [0, 0.05) is 29.3 Å². The maximum atomic E-state index is 11.2. The summed E-state index contributed by atoms with van der Waals surface area (Å²) in [6.45, 7) is 14.7. The van der Waals surface area contributed by atoms with Gasteiger partial charge in [-0.15, -0.1) is 0 Å². The zero-order valence-corrected chi connectivity index (χ0v) is 17.1. The van der Waals surface area contributed by atoms with Gasteiger partial charge in [0.25, 0.3) is 0 Å². The summed E-state index contributed by atoms with van der Waals surface area (Å²) < 4.78 is 19.5. The summed E-state index contributed by atoms with van der Waals surface area (Å²) in [5, 5.41) is 3.37. The molecule has 0 saturated carbocycles. The molecule has 0 rings (SSSR count). The van der Waals surface area contributed by atoms with E-state index in [2.05, 4.69) is 27.9 Å². The molecule has 0 aromatic rings. The molecule has 0 bridgehead atoms. The predicted molar refractivity (Wildman–Crippen MR) is 106 cm³/mol. The van der Waals surface area contributed by atoms with Gasteiger partial charge in [0.15, 0.2) is 11.1 Å². The Morgan fingerprint density at radius 1 is 1.04 bits per heavy atom. The molecule has 0 aromatic carbocycles. The Hall–Kier alpha value is -0.240. The fourth-order valence-electron chi connectivity index (χ4n) is 1.54. The summed E-state index contributed by atoms with van der Waals surface area (Å²) in [6.07, 6.45) is 1.91. The highest BCUT2D eigenvalue weighted by Crippen LogP contribution is 2.14. The van der Waals surface area contributed by atoms with Crippen molar-refractivity contribution >= 4 is 35.1 Å². The summed E-state index contributed by atoms with van der Waals surface area (Å²) in [6, 6.07) is 0. The Balaban J connectivity index is 3.82. The quantitative estimate of drug-likeness (QED) is 0.229. The maximum Gasteiger partial charge on any atom is 0.164 e. The van der Waals surface area contributed by atoms with Crippen LogP contribution >= 0.6 is 12.6 Å². The minimum absolute atomic E-state index is 0.144. The van der Waals surface area contributed by atoms with Crippen LogP contribution in [0.25, 0.3) is 0 Å². The van der Waals surface area contributed by atoms with Crippen LogP contribution in [0.5, 0.6) is 0 Å². The normalized spacial score (nSPS) is 15.8. The molecule has 0 amide bonds. The fraction of sp³-hybridized carbons (Fsp3) is 0.875. The van der Waals surface area contributed by atoms with Crippen LogP contribution in [0.3, 0.4) is 0 Å². The first-order chi connectivity index (χ1) is 10.5. The highest BCUT2D eigenvalue weighted by atomic mass is 32.2. The lowest BCUT2D eigenvalue weighted by Gasteiger charge is -2.19. The average Bonchev–Trinajstić information content (AvgIpc) is 2.43. The monoisotopic (exact) mass is 363 g/mol. The van der Waals surface area contributed by atoms with Gasteiger partial charge in [0.1, 0.15) is 4.75 Å². The molecular formula is C16H33N3O2S2. The Labute approximate surface area is 149 Å². The number of rotatable bonds is 11. The average molecular weight is 364 g/mol. The first-order valence-electron chi connectivity index (χ1n) is 8.06. The van der Waals surface area contributed by atoms with Gasteiger partial charge in [0.2, 0.25) is 0 Å². The predicted octanol–water partition coefficient (Wildman–Crippen LogP) is 2.99. The minimum atomic E-state index is -1.89. The summed E-state index contributed by atoms with van der Waals surface area (Å²) in [5.74, 6) is 0. The lowest BCUT2D eigenvalue weighted by Crippen LogP contribution is -2.34. The van der Waals surface area contributed by atoms with Gasteiger partial charge < -0.3 is 9.87 Å². The van der Waals surface area contributed by atoms with Crippen LogP contribution in [-0.2, 0) is 11.1 Å². The third kappa shape index (κ3) is 9.59. The molecule has 0 aliphatic rings. The smallest absolute Gasteiger partial charge is 0.164 e. The third-order valence-corrected chi connectivity index (χ3v) is 5.41. The molecule has 0 aromatic heterocycles. The van der Waals surface area contributed by atoms with E-state index in [0.29, 0.717) is 6.54 Å². The van der Waals surface area contributed by atoms with Crippen molar-refractivity contribution in [3.63, 3.8) is 0 Å².